The molecule has 1 heteroatoms. The number of carbonyl (C=O) groups excluding carboxylic acids is 1. The third-order valence-corrected chi connectivity index (χ3v) is 3.10. The van der Waals surface area contributed by atoms with Gasteiger partial charge in [0.2, 0.25) is 0 Å². The average molecular weight is 250 g/mol. The van der Waals surface area contributed by atoms with Gasteiger partial charge in [0.05, 0.1) is 0 Å². The van der Waals surface area contributed by atoms with Crippen LogP contribution < -0.4 is 0 Å². The molecule has 0 aliphatic rings. The zero-order chi connectivity index (χ0) is 13.5. The largest absolute Gasteiger partial charge is 0.303 e. The Labute approximate surface area is 114 Å². The molecule has 1 atom stereocenters. The van der Waals surface area contributed by atoms with Crippen molar-refractivity contribution in [2.24, 2.45) is 5.92 Å². The topological polar surface area (TPSA) is 17.1 Å². The second-order valence-corrected chi connectivity index (χ2v) is 4.73. The number of hydrogen-bond donors (Lipinski definition) is 0. The van der Waals surface area contributed by atoms with Crippen molar-refractivity contribution < 1.29 is 4.79 Å². The van der Waals surface area contributed by atoms with E-state index in [0.29, 0.717) is 12.3 Å². The minimum Gasteiger partial charge on any atom is -0.303 e. The maximum Gasteiger partial charge on any atom is 0.120 e. The van der Waals surface area contributed by atoms with Crippen molar-refractivity contribution in [1.82, 2.24) is 0 Å². The minimum atomic E-state index is 0.297. The van der Waals surface area contributed by atoms with Gasteiger partial charge in [0.25, 0.3) is 0 Å². The van der Waals surface area contributed by atoms with E-state index in [0.717, 1.165) is 11.8 Å². The van der Waals surface area contributed by atoms with Crippen molar-refractivity contribution in [2.45, 2.75) is 13.3 Å². The quantitative estimate of drug-likeness (QED) is 0.709. The second-order valence-electron chi connectivity index (χ2n) is 4.73. The molecule has 0 saturated carbocycles. The second kappa shape index (κ2) is 6.69. The molecule has 0 N–H and O–H groups in total. The first-order chi connectivity index (χ1) is 9.29. The zero-order valence-corrected chi connectivity index (χ0v) is 11.1. The van der Waals surface area contributed by atoms with Crippen molar-refractivity contribution in [3.8, 4) is 11.1 Å². The van der Waals surface area contributed by atoms with Gasteiger partial charge in [0.15, 0.2) is 0 Å². The zero-order valence-electron chi connectivity index (χ0n) is 11.1. The number of rotatable bonds is 5. The fourth-order valence-corrected chi connectivity index (χ4v) is 1.92. The third-order valence-electron chi connectivity index (χ3n) is 3.10. The normalized spacial score (nSPS) is 12.5. The van der Waals surface area contributed by atoms with Gasteiger partial charge in [-0.25, -0.2) is 0 Å². The highest BCUT2D eigenvalue weighted by molar-refractivity contribution is 5.65. The van der Waals surface area contributed by atoms with Gasteiger partial charge in [-0.2, -0.15) is 0 Å². The molecule has 19 heavy (non-hydrogen) atoms. The number of allylic oxidation sites excluding steroid dienone is 1. The minimum absolute atomic E-state index is 0.297. The predicted octanol–water partition coefficient (Wildman–Crippen LogP) is 4.59. The van der Waals surface area contributed by atoms with E-state index < -0.39 is 0 Å². The van der Waals surface area contributed by atoms with Crippen molar-refractivity contribution in [3.63, 3.8) is 0 Å². The molecular formula is C18H18O. The van der Waals surface area contributed by atoms with Crippen LogP contribution in [0.3, 0.4) is 0 Å². The molecule has 0 amide bonds. The summed E-state index contributed by atoms with van der Waals surface area (Å²) in [4.78, 5) is 10.4. The lowest BCUT2D eigenvalue weighted by Crippen LogP contribution is -1.89. The van der Waals surface area contributed by atoms with Crippen LogP contribution in [0.5, 0.6) is 0 Å². The lowest BCUT2D eigenvalue weighted by Gasteiger charge is -2.03. The molecule has 0 bridgehead atoms. The van der Waals surface area contributed by atoms with Crippen molar-refractivity contribution >= 4 is 12.4 Å². The molecule has 0 unspecified atom stereocenters. The summed E-state index contributed by atoms with van der Waals surface area (Å²) in [5.74, 6) is 0.297. The van der Waals surface area contributed by atoms with Gasteiger partial charge >= 0.3 is 0 Å². The first kappa shape index (κ1) is 13.3. The van der Waals surface area contributed by atoms with Gasteiger partial charge in [-0.3, -0.25) is 0 Å². The van der Waals surface area contributed by atoms with Crippen LogP contribution in [0.1, 0.15) is 18.9 Å². The van der Waals surface area contributed by atoms with Crippen molar-refractivity contribution in [2.75, 3.05) is 0 Å². The fourth-order valence-electron chi connectivity index (χ4n) is 1.92. The van der Waals surface area contributed by atoms with Crippen LogP contribution in [-0.2, 0) is 4.79 Å². The first-order valence-corrected chi connectivity index (χ1v) is 6.57. The van der Waals surface area contributed by atoms with Gasteiger partial charge in [-0.15, -0.1) is 0 Å². The van der Waals surface area contributed by atoms with E-state index in [4.69, 9.17) is 0 Å². The highest BCUT2D eigenvalue weighted by Crippen LogP contribution is 2.19. The molecule has 0 aliphatic carbocycles. The molecule has 0 fully saturated rings. The molecule has 0 aromatic heterocycles. The standard InChI is InChI=1S/C18H18O/c1-15(13-14-19)7-8-16-9-11-18(12-10-16)17-5-3-2-4-6-17/h2-12,14-15H,13H2,1H3/b8-7+/t15-/m0/s1. The Morgan fingerprint density at radius 3 is 2.21 bits per heavy atom. The molecule has 2 aromatic carbocycles. The van der Waals surface area contributed by atoms with Crippen LogP contribution in [0.25, 0.3) is 17.2 Å². The molecule has 0 radical (unpaired) electrons. The number of benzene rings is 2. The van der Waals surface area contributed by atoms with Crippen molar-refractivity contribution in [1.29, 1.82) is 0 Å². The Morgan fingerprint density at radius 1 is 0.947 bits per heavy atom. The Bertz CT molecular complexity index is 538. The monoisotopic (exact) mass is 250 g/mol. The summed E-state index contributed by atoms with van der Waals surface area (Å²) in [7, 11) is 0. The average Bonchev–Trinajstić information content (AvgIpc) is 2.47. The Hall–Kier alpha value is -2.15. The van der Waals surface area contributed by atoms with E-state index in [2.05, 4.69) is 48.6 Å². The van der Waals surface area contributed by atoms with Crippen LogP contribution in [0, 0.1) is 5.92 Å². The molecule has 96 valence electrons. The Kier molecular flexibility index (Phi) is 4.68. The van der Waals surface area contributed by atoms with Crippen molar-refractivity contribution in [3.05, 3.63) is 66.2 Å². The summed E-state index contributed by atoms with van der Waals surface area (Å²) in [5.41, 5.74) is 3.61. The van der Waals surface area contributed by atoms with Crippen LogP contribution in [0.15, 0.2) is 60.7 Å². The lowest BCUT2D eigenvalue weighted by molar-refractivity contribution is -0.108. The number of carbonyl (C=O) groups is 1. The molecule has 1 nitrogen and oxygen atoms in total. The smallest absolute Gasteiger partial charge is 0.120 e. The molecule has 0 aliphatic heterocycles. The Balaban J connectivity index is 2.09. The first-order valence-electron chi connectivity index (χ1n) is 6.57. The van der Waals surface area contributed by atoms with Gasteiger partial charge in [0, 0.05) is 6.42 Å². The van der Waals surface area contributed by atoms with Gasteiger partial charge in [0.1, 0.15) is 6.29 Å². The van der Waals surface area contributed by atoms with Gasteiger partial charge in [-0.05, 0) is 22.6 Å². The Morgan fingerprint density at radius 2 is 1.58 bits per heavy atom. The fraction of sp³-hybridized carbons (Fsp3) is 0.167. The molecule has 0 saturated heterocycles. The van der Waals surface area contributed by atoms with E-state index in [1.54, 1.807) is 0 Å². The maximum atomic E-state index is 10.4. The van der Waals surface area contributed by atoms with Crippen LogP contribution >= 0.6 is 0 Å². The predicted molar refractivity (Wildman–Crippen MR) is 80.8 cm³/mol. The number of aldehydes is 1. The summed E-state index contributed by atoms with van der Waals surface area (Å²) in [6.45, 7) is 2.04. The van der Waals surface area contributed by atoms with E-state index in [1.165, 1.54) is 11.1 Å². The summed E-state index contributed by atoms with van der Waals surface area (Å²) >= 11 is 0. The summed E-state index contributed by atoms with van der Waals surface area (Å²) < 4.78 is 0. The SMILES string of the molecule is C[C@@H](/C=C/c1ccc(-c2ccccc2)cc1)CC=O. The summed E-state index contributed by atoms with van der Waals surface area (Å²) in [6, 6.07) is 18.8. The van der Waals surface area contributed by atoms with E-state index in [-0.39, 0.29) is 0 Å². The maximum absolute atomic E-state index is 10.4. The lowest BCUT2D eigenvalue weighted by atomic mass is 10.0. The number of hydrogen-bond acceptors (Lipinski definition) is 1. The molecule has 0 spiro atoms. The van der Waals surface area contributed by atoms with E-state index >= 15 is 0 Å². The summed E-state index contributed by atoms with van der Waals surface area (Å²) in [5, 5.41) is 0. The third kappa shape index (κ3) is 3.92. The van der Waals surface area contributed by atoms with E-state index in [1.807, 2.05) is 25.1 Å². The van der Waals surface area contributed by atoms with Gasteiger partial charge < -0.3 is 4.79 Å². The highest BCUT2D eigenvalue weighted by Gasteiger charge is 1.97. The van der Waals surface area contributed by atoms with Crippen LogP contribution in [0.2, 0.25) is 0 Å². The molecule has 0 heterocycles. The highest BCUT2D eigenvalue weighted by atomic mass is 16.1. The molecule has 2 aromatic rings. The molecular weight excluding hydrogens is 232 g/mol. The molecule has 2 rings (SSSR count). The van der Waals surface area contributed by atoms with Gasteiger partial charge in [-0.1, -0.05) is 73.7 Å². The summed E-state index contributed by atoms with van der Waals surface area (Å²) in [6.07, 6.45) is 5.70. The van der Waals surface area contributed by atoms with Crippen LogP contribution in [0.4, 0.5) is 0 Å². The van der Waals surface area contributed by atoms with Crippen LogP contribution in [-0.4, -0.2) is 6.29 Å². The van der Waals surface area contributed by atoms with E-state index in [9.17, 15) is 4.79 Å².